The Labute approximate surface area is 118 Å². The predicted octanol–water partition coefficient (Wildman–Crippen LogP) is 0.916. The number of thiazole rings is 1. The molecule has 1 aromatic rings. The highest BCUT2D eigenvalue weighted by molar-refractivity contribution is 7.07. The van der Waals surface area contributed by atoms with Crippen LogP contribution in [0.5, 0.6) is 0 Å². The Morgan fingerprint density at radius 2 is 2.26 bits per heavy atom. The lowest BCUT2D eigenvalue weighted by molar-refractivity contribution is -0.131. The van der Waals surface area contributed by atoms with Crippen molar-refractivity contribution >= 4 is 17.2 Å². The number of carbonyl (C=O) groups excluding carboxylic acids is 1. The molecule has 2 heterocycles. The smallest absolute Gasteiger partial charge is 0.222 e. The molecule has 19 heavy (non-hydrogen) atoms. The SMILES string of the molecule is NCCCC(=O)N1CCCN(Cc2cscn2)CC1. The van der Waals surface area contributed by atoms with Gasteiger partial charge in [-0.05, 0) is 19.4 Å². The summed E-state index contributed by atoms with van der Waals surface area (Å²) in [5, 5.41) is 2.09. The fourth-order valence-corrected chi connectivity index (χ4v) is 2.88. The van der Waals surface area contributed by atoms with E-state index in [2.05, 4.69) is 15.3 Å². The highest BCUT2D eigenvalue weighted by Gasteiger charge is 2.18. The van der Waals surface area contributed by atoms with Crippen LogP contribution in [0, 0.1) is 0 Å². The minimum Gasteiger partial charge on any atom is -0.341 e. The first-order valence-electron chi connectivity index (χ1n) is 6.87. The molecule has 0 aliphatic carbocycles. The van der Waals surface area contributed by atoms with E-state index in [1.807, 2.05) is 10.4 Å². The van der Waals surface area contributed by atoms with Crippen LogP contribution in [0.2, 0.25) is 0 Å². The number of carbonyl (C=O) groups is 1. The van der Waals surface area contributed by atoms with Gasteiger partial charge in [0.1, 0.15) is 0 Å². The molecule has 1 fully saturated rings. The van der Waals surface area contributed by atoms with Crippen molar-refractivity contribution in [2.24, 2.45) is 5.73 Å². The summed E-state index contributed by atoms with van der Waals surface area (Å²) in [5.74, 6) is 0.251. The fraction of sp³-hybridized carbons (Fsp3) is 0.692. The Balaban J connectivity index is 1.79. The van der Waals surface area contributed by atoms with Crippen LogP contribution in [0.25, 0.3) is 0 Å². The maximum atomic E-state index is 12.0. The normalized spacial score (nSPS) is 17.4. The summed E-state index contributed by atoms with van der Waals surface area (Å²) in [6, 6.07) is 0. The molecule has 1 amide bonds. The second-order valence-electron chi connectivity index (χ2n) is 4.88. The molecule has 106 valence electrons. The first-order valence-corrected chi connectivity index (χ1v) is 7.81. The van der Waals surface area contributed by atoms with Gasteiger partial charge < -0.3 is 10.6 Å². The van der Waals surface area contributed by atoms with E-state index < -0.39 is 0 Å². The second kappa shape index (κ2) is 7.57. The van der Waals surface area contributed by atoms with Crippen molar-refractivity contribution in [1.82, 2.24) is 14.8 Å². The van der Waals surface area contributed by atoms with Crippen molar-refractivity contribution in [3.05, 3.63) is 16.6 Å². The molecule has 0 spiro atoms. The van der Waals surface area contributed by atoms with Crippen LogP contribution in [0.15, 0.2) is 10.9 Å². The minimum atomic E-state index is 0.251. The maximum Gasteiger partial charge on any atom is 0.222 e. The van der Waals surface area contributed by atoms with E-state index in [-0.39, 0.29) is 5.91 Å². The highest BCUT2D eigenvalue weighted by Crippen LogP contribution is 2.10. The second-order valence-corrected chi connectivity index (χ2v) is 5.60. The molecular weight excluding hydrogens is 260 g/mol. The quantitative estimate of drug-likeness (QED) is 0.872. The van der Waals surface area contributed by atoms with Gasteiger partial charge in [-0.3, -0.25) is 9.69 Å². The van der Waals surface area contributed by atoms with Crippen molar-refractivity contribution < 1.29 is 4.79 Å². The Bertz CT molecular complexity index is 382. The van der Waals surface area contributed by atoms with Gasteiger partial charge >= 0.3 is 0 Å². The molecule has 0 aromatic carbocycles. The van der Waals surface area contributed by atoms with Crippen molar-refractivity contribution in [2.75, 3.05) is 32.7 Å². The Morgan fingerprint density at radius 3 is 3.00 bits per heavy atom. The number of hydrogen-bond acceptors (Lipinski definition) is 5. The molecule has 5 nitrogen and oxygen atoms in total. The molecule has 0 saturated carbocycles. The van der Waals surface area contributed by atoms with Crippen LogP contribution in [0.4, 0.5) is 0 Å². The zero-order chi connectivity index (χ0) is 13.5. The number of aromatic nitrogens is 1. The summed E-state index contributed by atoms with van der Waals surface area (Å²) < 4.78 is 0. The highest BCUT2D eigenvalue weighted by atomic mass is 32.1. The van der Waals surface area contributed by atoms with Crippen molar-refractivity contribution in [1.29, 1.82) is 0 Å². The van der Waals surface area contributed by atoms with E-state index in [1.54, 1.807) is 11.3 Å². The van der Waals surface area contributed by atoms with Gasteiger partial charge in [-0.15, -0.1) is 11.3 Å². The molecule has 0 bridgehead atoms. The zero-order valence-electron chi connectivity index (χ0n) is 11.3. The Morgan fingerprint density at radius 1 is 1.37 bits per heavy atom. The van der Waals surface area contributed by atoms with Crippen molar-refractivity contribution in [3.8, 4) is 0 Å². The third-order valence-electron chi connectivity index (χ3n) is 3.41. The molecular formula is C13H22N4OS. The van der Waals surface area contributed by atoms with Crippen molar-refractivity contribution in [3.63, 3.8) is 0 Å². The average molecular weight is 282 g/mol. The molecule has 1 aliphatic heterocycles. The molecule has 2 N–H and O–H groups in total. The van der Waals surface area contributed by atoms with E-state index >= 15 is 0 Å². The van der Waals surface area contributed by atoms with E-state index in [1.165, 1.54) is 0 Å². The number of hydrogen-bond donors (Lipinski definition) is 1. The van der Waals surface area contributed by atoms with Gasteiger partial charge in [-0.25, -0.2) is 4.98 Å². The summed E-state index contributed by atoms with van der Waals surface area (Å²) in [4.78, 5) is 20.7. The standard InChI is InChI=1S/C13H22N4OS/c14-4-1-3-13(18)17-6-2-5-16(7-8-17)9-12-10-19-11-15-12/h10-11H,1-9,14H2. The van der Waals surface area contributed by atoms with E-state index in [0.29, 0.717) is 13.0 Å². The van der Waals surface area contributed by atoms with Crippen LogP contribution in [0.3, 0.4) is 0 Å². The lowest BCUT2D eigenvalue weighted by Crippen LogP contribution is -2.35. The van der Waals surface area contributed by atoms with E-state index in [9.17, 15) is 4.79 Å². The lowest BCUT2D eigenvalue weighted by Gasteiger charge is -2.21. The third-order valence-corrected chi connectivity index (χ3v) is 4.04. The first-order chi connectivity index (χ1) is 9.29. The summed E-state index contributed by atoms with van der Waals surface area (Å²) in [7, 11) is 0. The first kappa shape index (κ1) is 14.4. The summed E-state index contributed by atoms with van der Waals surface area (Å²) >= 11 is 1.63. The van der Waals surface area contributed by atoms with Gasteiger partial charge in [0, 0.05) is 44.5 Å². The monoisotopic (exact) mass is 282 g/mol. The fourth-order valence-electron chi connectivity index (χ4n) is 2.33. The predicted molar refractivity (Wildman–Crippen MR) is 76.9 cm³/mol. The minimum absolute atomic E-state index is 0.251. The Kier molecular flexibility index (Phi) is 5.75. The topological polar surface area (TPSA) is 62.5 Å². The van der Waals surface area contributed by atoms with Crippen LogP contribution < -0.4 is 5.73 Å². The van der Waals surface area contributed by atoms with Gasteiger partial charge in [-0.2, -0.15) is 0 Å². The summed E-state index contributed by atoms with van der Waals surface area (Å²) in [6.45, 7) is 5.17. The third kappa shape index (κ3) is 4.56. The molecule has 1 aromatic heterocycles. The van der Waals surface area contributed by atoms with Crippen LogP contribution in [-0.4, -0.2) is 53.4 Å². The molecule has 0 atom stereocenters. The van der Waals surface area contributed by atoms with E-state index in [0.717, 1.165) is 51.3 Å². The molecule has 0 radical (unpaired) electrons. The largest absolute Gasteiger partial charge is 0.341 e. The maximum absolute atomic E-state index is 12.0. The van der Waals surface area contributed by atoms with Gasteiger partial charge in [-0.1, -0.05) is 0 Å². The summed E-state index contributed by atoms with van der Waals surface area (Å²) in [5.41, 5.74) is 8.45. The lowest BCUT2D eigenvalue weighted by atomic mass is 10.2. The van der Waals surface area contributed by atoms with Crippen LogP contribution in [0.1, 0.15) is 25.0 Å². The van der Waals surface area contributed by atoms with Crippen molar-refractivity contribution in [2.45, 2.75) is 25.8 Å². The molecule has 6 heteroatoms. The van der Waals surface area contributed by atoms with Gasteiger partial charge in [0.2, 0.25) is 5.91 Å². The van der Waals surface area contributed by atoms with Crippen LogP contribution >= 0.6 is 11.3 Å². The summed E-state index contributed by atoms with van der Waals surface area (Å²) in [6.07, 6.45) is 2.42. The zero-order valence-corrected chi connectivity index (χ0v) is 12.1. The number of nitrogens with two attached hydrogens (primary N) is 1. The Hall–Kier alpha value is -0.980. The van der Waals surface area contributed by atoms with Gasteiger partial charge in [0.15, 0.2) is 0 Å². The van der Waals surface area contributed by atoms with Crippen LogP contribution in [-0.2, 0) is 11.3 Å². The number of amides is 1. The van der Waals surface area contributed by atoms with Gasteiger partial charge in [0.05, 0.1) is 11.2 Å². The average Bonchev–Trinajstić information content (AvgIpc) is 2.81. The molecule has 2 rings (SSSR count). The number of nitrogens with zero attached hydrogens (tertiary/aromatic N) is 3. The molecule has 0 unspecified atom stereocenters. The van der Waals surface area contributed by atoms with Gasteiger partial charge in [0.25, 0.3) is 0 Å². The number of rotatable bonds is 5. The molecule has 1 saturated heterocycles. The molecule has 1 aliphatic rings. The van der Waals surface area contributed by atoms with E-state index in [4.69, 9.17) is 5.73 Å².